The Labute approximate surface area is 195 Å². The summed E-state index contributed by atoms with van der Waals surface area (Å²) in [6.07, 6.45) is 2.72. The van der Waals surface area contributed by atoms with Gasteiger partial charge in [-0.25, -0.2) is 15.0 Å². The SMILES string of the molecule is CN1CCC(Nc2nccc(-c3csc(-c4cccc([C@]5(O)CCN(C)C5=O)c4)n3)n2)C1=O. The van der Waals surface area contributed by atoms with E-state index in [1.54, 1.807) is 42.2 Å². The molecule has 2 N–H and O–H groups in total. The highest BCUT2D eigenvalue weighted by atomic mass is 32.1. The summed E-state index contributed by atoms with van der Waals surface area (Å²) >= 11 is 1.46. The number of hydrogen-bond acceptors (Lipinski definition) is 8. The molecule has 2 fully saturated rings. The van der Waals surface area contributed by atoms with Gasteiger partial charge >= 0.3 is 0 Å². The van der Waals surface area contributed by atoms with Crippen molar-refractivity contribution in [3.63, 3.8) is 0 Å². The van der Waals surface area contributed by atoms with E-state index in [0.29, 0.717) is 48.8 Å². The highest BCUT2D eigenvalue weighted by Crippen LogP contribution is 2.36. The molecule has 0 spiro atoms. The molecule has 5 rings (SSSR count). The van der Waals surface area contributed by atoms with E-state index < -0.39 is 5.60 Å². The van der Waals surface area contributed by atoms with Crippen LogP contribution in [0, 0.1) is 0 Å². The topological polar surface area (TPSA) is 112 Å². The number of aliphatic hydroxyl groups is 1. The van der Waals surface area contributed by atoms with Crippen molar-refractivity contribution >= 4 is 29.1 Å². The van der Waals surface area contributed by atoms with E-state index >= 15 is 0 Å². The largest absolute Gasteiger partial charge is 0.375 e. The molecule has 2 atom stereocenters. The molecule has 2 aliphatic rings. The van der Waals surface area contributed by atoms with Gasteiger partial charge in [-0.3, -0.25) is 9.59 Å². The Morgan fingerprint density at radius 2 is 1.97 bits per heavy atom. The fourth-order valence-electron chi connectivity index (χ4n) is 4.24. The van der Waals surface area contributed by atoms with Crippen LogP contribution in [0.5, 0.6) is 0 Å². The minimum absolute atomic E-state index is 0.0356. The second kappa shape index (κ2) is 8.20. The van der Waals surface area contributed by atoms with Gasteiger partial charge in [-0.05, 0) is 24.1 Å². The van der Waals surface area contributed by atoms with Crippen molar-refractivity contribution in [1.29, 1.82) is 0 Å². The number of likely N-dealkylation sites (N-methyl/N-ethyl adjacent to an activating group) is 2. The Morgan fingerprint density at radius 3 is 2.70 bits per heavy atom. The molecule has 0 saturated carbocycles. The summed E-state index contributed by atoms with van der Waals surface area (Å²) in [6, 6.07) is 8.81. The third-order valence-electron chi connectivity index (χ3n) is 6.25. The van der Waals surface area contributed by atoms with Crippen molar-refractivity contribution in [2.75, 3.05) is 32.5 Å². The van der Waals surface area contributed by atoms with Gasteiger partial charge in [0.2, 0.25) is 11.9 Å². The highest BCUT2D eigenvalue weighted by Gasteiger charge is 2.45. The lowest BCUT2D eigenvalue weighted by Crippen LogP contribution is -2.36. The molecule has 33 heavy (non-hydrogen) atoms. The standard InChI is InChI=1S/C23H24N6O3S/c1-28-10-7-17(20(28)30)27-22-24-9-6-16(26-22)18-13-33-19(25-18)14-4-3-5-15(12-14)23(32)8-11-29(2)21(23)31/h3-6,9,12-13,17,32H,7-8,10-11H2,1-2H3,(H,24,26,27)/t17?,23-/m1/s1. The molecule has 2 amide bonds. The Kier molecular flexibility index (Phi) is 5.34. The summed E-state index contributed by atoms with van der Waals surface area (Å²) in [7, 11) is 3.48. The second-order valence-corrected chi connectivity index (χ2v) is 9.32. The third-order valence-corrected chi connectivity index (χ3v) is 7.14. The average Bonchev–Trinajstić information content (AvgIpc) is 3.52. The zero-order chi connectivity index (χ0) is 23.2. The highest BCUT2D eigenvalue weighted by molar-refractivity contribution is 7.13. The number of rotatable bonds is 5. The predicted molar refractivity (Wildman–Crippen MR) is 124 cm³/mol. The first-order valence-corrected chi connectivity index (χ1v) is 11.6. The summed E-state index contributed by atoms with van der Waals surface area (Å²) in [5, 5.41) is 16.8. The molecule has 1 aromatic carbocycles. The van der Waals surface area contributed by atoms with Crippen LogP contribution in [-0.4, -0.2) is 74.9 Å². The molecule has 1 unspecified atom stereocenters. The lowest BCUT2D eigenvalue weighted by atomic mass is 9.91. The average molecular weight is 465 g/mol. The van der Waals surface area contributed by atoms with Gasteiger partial charge in [-0.2, -0.15) is 0 Å². The van der Waals surface area contributed by atoms with E-state index in [1.807, 2.05) is 23.6 Å². The van der Waals surface area contributed by atoms with Crippen LogP contribution >= 0.6 is 11.3 Å². The maximum absolute atomic E-state index is 12.5. The summed E-state index contributed by atoms with van der Waals surface area (Å²) in [6.45, 7) is 1.23. The summed E-state index contributed by atoms with van der Waals surface area (Å²) in [5.74, 6) is 0.143. The summed E-state index contributed by atoms with van der Waals surface area (Å²) in [4.78, 5) is 41.4. The van der Waals surface area contributed by atoms with E-state index in [2.05, 4.69) is 15.3 Å². The van der Waals surface area contributed by atoms with E-state index in [-0.39, 0.29) is 17.9 Å². The summed E-state index contributed by atoms with van der Waals surface area (Å²) in [5.41, 5.74) is 1.24. The zero-order valence-electron chi connectivity index (χ0n) is 18.4. The van der Waals surface area contributed by atoms with Crippen LogP contribution in [0.25, 0.3) is 22.0 Å². The molecule has 2 saturated heterocycles. The molecule has 10 heteroatoms. The smallest absolute Gasteiger partial charge is 0.258 e. The first kappa shape index (κ1) is 21.5. The van der Waals surface area contributed by atoms with Gasteiger partial charge in [-0.15, -0.1) is 11.3 Å². The van der Waals surface area contributed by atoms with Crippen LogP contribution in [-0.2, 0) is 15.2 Å². The molecular weight excluding hydrogens is 440 g/mol. The Hall–Kier alpha value is -3.37. The van der Waals surface area contributed by atoms with Crippen LogP contribution in [0.1, 0.15) is 18.4 Å². The van der Waals surface area contributed by atoms with E-state index in [9.17, 15) is 14.7 Å². The number of carbonyl (C=O) groups excluding carboxylic acids is 2. The Morgan fingerprint density at radius 1 is 1.12 bits per heavy atom. The normalized spacial score (nSPS) is 22.9. The van der Waals surface area contributed by atoms with Gasteiger partial charge in [0.1, 0.15) is 16.7 Å². The minimum atomic E-state index is -1.50. The molecule has 170 valence electrons. The van der Waals surface area contributed by atoms with Crippen molar-refractivity contribution < 1.29 is 14.7 Å². The Bertz CT molecular complexity index is 1230. The number of aromatic nitrogens is 3. The number of nitrogens with one attached hydrogen (secondary N) is 1. The number of likely N-dealkylation sites (tertiary alicyclic amines) is 2. The maximum Gasteiger partial charge on any atom is 0.258 e. The van der Waals surface area contributed by atoms with Crippen molar-refractivity contribution in [2.24, 2.45) is 0 Å². The molecule has 9 nitrogen and oxygen atoms in total. The molecule has 3 aromatic rings. The van der Waals surface area contributed by atoms with E-state index in [4.69, 9.17) is 4.98 Å². The van der Waals surface area contributed by atoms with Crippen LogP contribution in [0.3, 0.4) is 0 Å². The van der Waals surface area contributed by atoms with Crippen LogP contribution < -0.4 is 5.32 Å². The number of benzene rings is 1. The number of thiazole rings is 1. The van der Waals surface area contributed by atoms with Gasteiger partial charge < -0.3 is 20.2 Å². The van der Waals surface area contributed by atoms with Crippen LogP contribution in [0.15, 0.2) is 41.9 Å². The van der Waals surface area contributed by atoms with E-state index in [1.165, 1.54) is 11.3 Å². The number of anilines is 1. The first-order valence-electron chi connectivity index (χ1n) is 10.7. The van der Waals surface area contributed by atoms with Crippen molar-refractivity contribution in [1.82, 2.24) is 24.8 Å². The first-order chi connectivity index (χ1) is 15.8. The number of nitrogens with zero attached hydrogens (tertiary/aromatic N) is 5. The summed E-state index contributed by atoms with van der Waals surface area (Å²) < 4.78 is 0. The van der Waals surface area contributed by atoms with E-state index in [0.717, 1.165) is 10.6 Å². The molecule has 0 bridgehead atoms. The van der Waals surface area contributed by atoms with Crippen LogP contribution in [0.4, 0.5) is 5.95 Å². The predicted octanol–water partition coefficient (Wildman–Crippen LogP) is 1.96. The maximum atomic E-state index is 12.5. The zero-order valence-corrected chi connectivity index (χ0v) is 19.2. The Balaban J connectivity index is 1.38. The molecule has 0 radical (unpaired) electrons. The van der Waals surface area contributed by atoms with Gasteiger partial charge in [-0.1, -0.05) is 18.2 Å². The molecule has 0 aliphatic carbocycles. The number of hydrogen-bond donors (Lipinski definition) is 2. The van der Waals surface area contributed by atoms with Gasteiger partial charge in [0, 0.05) is 50.7 Å². The van der Waals surface area contributed by atoms with Gasteiger partial charge in [0.25, 0.3) is 5.91 Å². The lowest BCUT2D eigenvalue weighted by molar-refractivity contribution is -0.143. The molecular formula is C23H24N6O3S. The quantitative estimate of drug-likeness (QED) is 0.594. The monoisotopic (exact) mass is 464 g/mol. The lowest BCUT2D eigenvalue weighted by Gasteiger charge is -2.21. The van der Waals surface area contributed by atoms with Crippen molar-refractivity contribution in [3.8, 4) is 22.0 Å². The minimum Gasteiger partial charge on any atom is -0.375 e. The fourth-order valence-corrected chi connectivity index (χ4v) is 5.05. The number of amides is 2. The molecule has 2 aliphatic heterocycles. The van der Waals surface area contributed by atoms with Crippen LogP contribution in [0.2, 0.25) is 0 Å². The third kappa shape index (κ3) is 3.85. The number of carbonyl (C=O) groups is 2. The van der Waals surface area contributed by atoms with Gasteiger partial charge in [0.05, 0.1) is 5.69 Å². The van der Waals surface area contributed by atoms with Gasteiger partial charge in [0.15, 0.2) is 5.60 Å². The molecule has 4 heterocycles. The van der Waals surface area contributed by atoms with Crippen molar-refractivity contribution in [2.45, 2.75) is 24.5 Å². The fraction of sp³-hybridized carbons (Fsp3) is 0.348. The van der Waals surface area contributed by atoms with Crippen molar-refractivity contribution in [3.05, 3.63) is 47.5 Å². The molecule has 2 aromatic heterocycles. The second-order valence-electron chi connectivity index (χ2n) is 8.47.